The van der Waals surface area contributed by atoms with E-state index in [2.05, 4.69) is 12.2 Å². The second kappa shape index (κ2) is 4.77. The van der Waals surface area contributed by atoms with Gasteiger partial charge < -0.3 is 5.32 Å². The minimum Gasteiger partial charge on any atom is -0.303 e. The monoisotopic (exact) mass is 238 g/mol. The van der Waals surface area contributed by atoms with E-state index in [4.69, 9.17) is 0 Å². The van der Waals surface area contributed by atoms with Crippen LogP contribution in [0.3, 0.4) is 0 Å². The van der Waals surface area contributed by atoms with Crippen LogP contribution in [0, 0.1) is 5.92 Å². The maximum absolute atomic E-state index is 12.1. The average Bonchev–Trinajstić information content (AvgIpc) is 2.38. The van der Waals surface area contributed by atoms with E-state index in [1.165, 1.54) is 24.2 Å². The SMILES string of the molecule is CC(NC1CC(=O)N(C(C)C)C1=O)C1CCC1. The lowest BCUT2D eigenvalue weighted by Gasteiger charge is -2.33. The molecule has 0 aromatic rings. The largest absolute Gasteiger partial charge is 0.303 e. The summed E-state index contributed by atoms with van der Waals surface area (Å²) in [6, 6.07) is 0.0268. The molecule has 2 rings (SSSR count). The lowest BCUT2D eigenvalue weighted by Crippen LogP contribution is -2.47. The highest BCUT2D eigenvalue weighted by Gasteiger charge is 2.41. The fourth-order valence-electron chi connectivity index (χ4n) is 2.72. The second-order valence-corrected chi connectivity index (χ2v) is 5.60. The van der Waals surface area contributed by atoms with Crippen molar-refractivity contribution in [2.24, 2.45) is 5.92 Å². The Morgan fingerprint density at radius 3 is 2.29 bits per heavy atom. The number of amides is 2. The smallest absolute Gasteiger partial charge is 0.247 e. The van der Waals surface area contributed by atoms with Gasteiger partial charge in [-0.2, -0.15) is 0 Å². The van der Waals surface area contributed by atoms with Gasteiger partial charge in [-0.1, -0.05) is 6.42 Å². The Morgan fingerprint density at radius 1 is 1.24 bits per heavy atom. The Bertz CT molecular complexity index is 323. The molecule has 1 heterocycles. The first-order valence-electron chi connectivity index (χ1n) is 6.62. The van der Waals surface area contributed by atoms with Crippen molar-refractivity contribution in [3.63, 3.8) is 0 Å². The van der Waals surface area contributed by atoms with Gasteiger partial charge >= 0.3 is 0 Å². The molecule has 4 heteroatoms. The topological polar surface area (TPSA) is 49.4 Å². The van der Waals surface area contributed by atoms with Crippen molar-refractivity contribution in [1.29, 1.82) is 0 Å². The summed E-state index contributed by atoms with van der Waals surface area (Å²) in [6.45, 7) is 5.89. The predicted molar refractivity (Wildman–Crippen MR) is 65.3 cm³/mol. The fourth-order valence-corrected chi connectivity index (χ4v) is 2.72. The summed E-state index contributed by atoms with van der Waals surface area (Å²) in [5.74, 6) is 0.602. The Morgan fingerprint density at radius 2 is 1.88 bits per heavy atom. The number of likely N-dealkylation sites (tertiary alicyclic amines) is 1. The summed E-state index contributed by atoms with van der Waals surface area (Å²) in [7, 11) is 0. The van der Waals surface area contributed by atoms with E-state index in [1.807, 2.05) is 13.8 Å². The van der Waals surface area contributed by atoms with Gasteiger partial charge in [0.1, 0.15) is 0 Å². The number of rotatable bonds is 4. The lowest BCUT2D eigenvalue weighted by atomic mass is 9.80. The first kappa shape index (κ1) is 12.6. The van der Waals surface area contributed by atoms with E-state index in [9.17, 15) is 9.59 Å². The van der Waals surface area contributed by atoms with Crippen LogP contribution in [0.25, 0.3) is 0 Å². The predicted octanol–water partition coefficient (Wildman–Crippen LogP) is 1.30. The van der Waals surface area contributed by atoms with E-state index >= 15 is 0 Å². The molecule has 1 saturated heterocycles. The number of hydrogen-bond acceptors (Lipinski definition) is 3. The zero-order chi connectivity index (χ0) is 12.6. The summed E-state index contributed by atoms with van der Waals surface area (Å²) in [5, 5.41) is 3.33. The average molecular weight is 238 g/mol. The van der Waals surface area contributed by atoms with Crippen molar-refractivity contribution in [2.45, 2.75) is 64.6 Å². The van der Waals surface area contributed by atoms with Gasteiger partial charge in [-0.25, -0.2) is 0 Å². The number of carbonyl (C=O) groups excluding carboxylic acids is 2. The molecule has 0 radical (unpaired) electrons. The van der Waals surface area contributed by atoms with E-state index in [-0.39, 0.29) is 23.9 Å². The highest BCUT2D eigenvalue weighted by Crippen LogP contribution is 2.30. The van der Waals surface area contributed by atoms with E-state index < -0.39 is 0 Å². The maximum Gasteiger partial charge on any atom is 0.247 e. The summed E-state index contributed by atoms with van der Waals surface area (Å²) in [6.07, 6.45) is 4.12. The zero-order valence-electron chi connectivity index (χ0n) is 10.9. The van der Waals surface area contributed by atoms with Crippen LogP contribution in [0.5, 0.6) is 0 Å². The molecule has 4 nitrogen and oxygen atoms in total. The van der Waals surface area contributed by atoms with Gasteiger partial charge in [-0.05, 0) is 39.5 Å². The third kappa shape index (κ3) is 2.37. The number of hydrogen-bond donors (Lipinski definition) is 1. The first-order chi connectivity index (χ1) is 8.00. The highest BCUT2D eigenvalue weighted by atomic mass is 16.2. The number of nitrogens with one attached hydrogen (secondary N) is 1. The van der Waals surface area contributed by atoms with Crippen molar-refractivity contribution >= 4 is 11.8 Å². The molecular formula is C13H22N2O2. The summed E-state index contributed by atoms with van der Waals surface area (Å²) in [4.78, 5) is 25.2. The van der Waals surface area contributed by atoms with Gasteiger partial charge in [0.05, 0.1) is 12.5 Å². The fraction of sp³-hybridized carbons (Fsp3) is 0.846. The Labute approximate surface area is 103 Å². The van der Waals surface area contributed by atoms with Crippen LogP contribution < -0.4 is 5.32 Å². The lowest BCUT2D eigenvalue weighted by molar-refractivity contribution is -0.140. The number of imide groups is 1. The number of carbonyl (C=O) groups is 2. The second-order valence-electron chi connectivity index (χ2n) is 5.60. The Kier molecular flexibility index (Phi) is 3.52. The first-order valence-corrected chi connectivity index (χ1v) is 6.62. The summed E-state index contributed by atoms with van der Waals surface area (Å²) >= 11 is 0. The molecule has 0 aromatic carbocycles. The third-order valence-electron chi connectivity index (χ3n) is 4.02. The molecule has 0 aromatic heterocycles. The standard InChI is InChI=1S/C13H22N2O2/c1-8(2)15-12(16)7-11(13(15)17)14-9(3)10-5-4-6-10/h8-11,14H,4-7H2,1-3H3. The molecular weight excluding hydrogens is 216 g/mol. The van der Waals surface area contributed by atoms with Crippen molar-refractivity contribution in [3.8, 4) is 0 Å². The van der Waals surface area contributed by atoms with Crippen LogP contribution >= 0.6 is 0 Å². The normalized spacial score (nSPS) is 27.8. The van der Waals surface area contributed by atoms with Crippen molar-refractivity contribution < 1.29 is 9.59 Å². The molecule has 2 aliphatic rings. The van der Waals surface area contributed by atoms with Gasteiger partial charge in [-0.3, -0.25) is 14.5 Å². The highest BCUT2D eigenvalue weighted by molar-refractivity contribution is 6.05. The summed E-state index contributed by atoms with van der Waals surface area (Å²) in [5.41, 5.74) is 0. The van der Waals surface area contributed by atoms with E-state index in [0.29, 0.717) is 18.4 Å². The molecule has 1 aliphatic heterocycles. The molecule has 2 unspecified atom stereocenters. The van der Waals surface area contributed by atoms with Crippen molar-refractivity contribution in [2.75, 3.05) is 0 Å². The molecule has 2 atom stereocenters. The van der Waals surface area contributed by atoms with Crippen LogP contribution in [0.15, 0.2) is 0 Å². The minimum atomic E-state index is -0.291. The van der Waals surface area contributed by atoms with Gasteiger partial charge in [-0.15, -0.1) is 0 Å². The van der Waals surface area contributed by atoms with Crippen molar-refractivity contribution in [3.05, 3.63) is 0 Å². The van der Waals surface area contributed by atoms with E-state index in [1.54, 1.807) is 0 Å². The molecule has 1 aliphatic carbocycles. The Hall–Kier alpha value is -0.900. The molecule has 2 amide bonds. The van der Waals surface area contributed by atoms with Crippen molar-refractivity contribution in [1.82, 2.24) is 10.2 Å². The molecule has 0 spiro atoms. The van der Waals surface area contributed by atoms with Gasteiger partial charge in [0, 0.05) is 12.1 Å². The van der Waals surface area contributed by atoms with E-state index in [0.717, 1.165) is 0 Å². The number of nitrogens with zero attached hydrogens (tertiary/aromatic N) is 1. The molecule has 17 heavy (non-hydrogen) atoms. The van der Waals surface area contributed by atoms with Crippen LogP contribution in [-0.2, 0) is 9.59 Å². The molecule has 2 fully saturated rings. The van der Waals surface area contributed by atoms with Crippen LogP contribution in [0.2, 0.25) is 0 Å². The third-order valence-corrected chi connectivity index (χ3v) is 4.02. The Balaban J connectivity index is 1.94. The quantitative estimate of drug-likeness (QED) is 0.751. The van der Waals surface area contributed by atoms with Crippen LogP contribution in [0.4, 0.5) is 0 Å². The molecule has 96 valence electrons. The summed E-state index contributed by atoms with van der Waals surface area (Å²) < 4.78 is 0. The van der Waals surface area contributed by atoms with Crippen LogP contribution in [0.1, 0.15) is 46.5 Å². The van der Waals surface area contributed by atoms with Gasteiger partial charge in [0.15, 0.2) is 0 Å². The van der Waals surface area contributed by atoms with Gasteiger partial charge in [0.2, 0.25) is 11.8 Å². The molecule has 0 bridgehead atoms. The minimum absolute atomic E-state index is 0.0270. The molecule has 1 saturated carbocycles. The zero-order valence-corrected chi connectivity index (χ0v) is 10.9. The maximum atomic E-state index is 12.1. The van der Waals surface area contributed by atoms with Crippen LogP contribution in [-0.4, -0.2) is 34.8 Å². The molecule has 1 N–H and O–H groups in total. The van der Waals surface area contributed by atoms with Gasteiger partial charge in [0.25, 0.3) is 0 Å².